The molecule has 0 heterocycles. The summed E-state index contributed by atoms with van der Waals surface area (Å²) in [6, 6.07) is 5.85. The number of aryl methyl sites for hydroxylation is 1. The summed E-state index contributed by atoms with van der Waals surface area (Å²) < 4.78 is 5.73. The molecule has 16 heavy (non-hydrogen) atoms. The Morgan fingerprint density at radius 1 is 1.38 bits per heavy atom. The molecule has 0 aromatic heterocycles. The van der Waals surface area contributed by atoms with Gasteiger partial charge in [-0.15, -0.1) is 0 Å². The fourth-order valence-electron chi connectivity index (χ4n) is 1.71. The average molecular weight is 222 g/mol. The van der Waals surface area contributed by atoms with Crippen LogP contribution in [0.1, 0.15) is 45.2 Å². The molecule has 1 aromatic rings. The van der Waals surface area contributed by atoms with Crippen LogP contribution >= 0.6 is 0 Å². The Bertz CT molecular complexity index is 350. The first-order valence-electron chi connectivity index (χ1n) is 5.84. The van der Waals surface area contributed by atoms with Gasteiger partial charge < -0.3 is 9.84 Å². The summed E-state index contributed by atoms with van der Waals surface area (Å²) in [5, 5.41) is 9.95. The number of aliphatic hydroxyl groups is 1. The lowest BCUT2D eigenvalue weighted by atomic mass is 9.94. The van der Waals surface area contributed by atoms with Crippen molar-refractivity contribution < 1.29 is 9.84 Å². The van der Waals surface area contributed by atoms with Crippen LogP contribution in [0.3, 0.4) is 0 Å². The Labute approximate surface area is 98.3 Å². The Morgan fingerprint density at radius 3 is 2.44 bits per heavy atom. The Kier molecular flexibility index (Phi) is 3.98. The van der Waals surface area contributed by atoms with Gasteiger partial charge in [0, 0.05) is 0 Å². The molecule has 0 saturated heterocycles. The standard InChI is InChI=1S/C14H22O2/c1-6-11(3)16-12-7-8-13(10(2)9-12)14(4,5)15/h7-9,11,15H,6H2,1-5H3. The van der Waals surface area contributed by atoms with E-state index >= 15 is 0 Å². The van der Waals surface area contributed by atoms with E-state index in [-0.39, 0.29) is 6.10 Å². The van der Waals surface area contributed by atoms with E-state index in [2.05, 4.69) is 13.8 Å². The predicted octanol–water partition coefficient (Wildman–Crippen LogP) is 3.40. The highest BCUT2D eigenvalue weighted by Crippen LogP contribution is 2.27. The topological polar surface area (TPSA) is 29.5 Å². The summed E-state index contributed by atoms with van der Waals surface area (Å²) in [7, 11) is 0. The number of ether oxygens (including phenoxy) is 1. The molecule has 2 nitrogen and oxygen atoms in total. The number of benzene rings is 1. The van der Waals surface area contributed by atoms with Crippen molar-refractivity contribution in [2.24, 2.45) is 0 Å². The molecule has 0 radical (unpaired) electrons. The minimum atomic E-state index is -0.793. The number of rotatable bonds is 4. The van der Waals surface area contributed by atoms with Crippen molar-refractivity contribution in [1.82, 2.24) is 0 Å². The monoisotopic (exact) mass is 222 g/mol. The van der Waals surface area contributed by atoms with Crippen molar-refractivity contribution in [3.63, 3.8) is 0 Å². The van der Waals surface area contributed by atoms with E-state index in [4.69, 9.17) is 4.74 Å². The third-order valence-corrected chi connectivity index (χ3v) is 2.77. The summed E-state index contributed by atoms with van der Waals surface area (Å²) in [6.45, 7) is 9.74. The average Bonchev–Trinajstić information content (AvgIpc) is 2.15. The van der Waals surface area contributed by atoms with E-state index in [9.17, 15) is 5.11 Å². The SMILES string of the molecule is CCC(C)Oc1ccc(C(C)(C)O)c(C)c1. The Balaban J connectivity index is 2.91. The zero-order chi connectivity index (χ0) is 12.3. The first-order valence-corrected chi connectivity index (χ1v) is 5.84. The molecule has 0 saturated carbocycles. The van der Waals surface area contributed by atoms with Gasteiger partial charge in [0.05, 0.1) is 11.7 Å². The summed E-state index contributed by atoms with van der Waals surface area (Å²) in [6.07, 6.45) is 1.22. The molecule has 1 N–H and O–H groups in total. The van der Waals surface area contributed by atoms with E-state index in [0.29, 0.717) is 0 Å². The molecule has 0 bridgehead atoms. The van der Waals surface area contributed by atoms with Gasteiger partial charge >= 0.3 is 0 Å². The predicted molar refractivity (Wildman–Crippen MR) is 66.8 cm³/mol. The largest absolute Gasteiger partial charge is 0.491 e. The van der Waals surface area contributed by atoms with E-state index in [1.54, 1.807) is 13.8 Å². The molecule has 0 aliphatic rings. The van der Waals surface area contributed by atoms with Crippen LogP contribution in [0.2, 0.25) is 0 Å². The molecule has 0 fully saturated rings. The second-order valence-electron chi connectivity index (χ2n) is 4.87. The lowest BCUT2D eigenvalue weighted by Gasteiger charge is -2.21. The third kappa shape index (κ3) is 3.24. The smallest absolute Gasteiger partial charge is 0.119 e. The van der Waals surface area contributed by atoms with Gasteiger partial charge in [-0.1, -0.05) is 13.0 Å². The van der Waals surface area contributed by atoms with Gasteiger partial charge in [0.25, 0.3) is 0 Å². The quantitative estimate of drug-likeness (QED) is 0.846. The van der Waals surface area contributed by atoms with Crippen LogP contribution in [-0.4, -0.2) is 11.2 Å². The first-order chi connectivity index (χ1) is 7.34. The van der Waals surface area contributed by atoms with Gasteiger partial charge in [-0.05, 0) is 57.4 Å². The van der Waals surface area contributed by atoms with Gasteiger partial charge in [-0.25, -0.2) is 0 Å². The highest BCUT2D eigenvalue weighted by Gasteiger charge is 2.18. The second-order valence-corrected chi connectivity index (χ2v) is 4.87. The van der Waals surface area contributed by atoms with Crippen molar-refractivity contribution in [1.29, 1.82) is 0 Å². The summed E-state index contributed by atoms with van der Waals surface area (Å²) in [5.74, 6) is 0.875. The number of hydrogen-bond acceptors (Lipinski definition) is 2. The molecule has 0 aliphatic carbocycles. The van der Waals surface area contributed by atoms with Gasteiger partial charge in [0.2, 0.25) is 0 Å². The normalized spacial score (nSPS) is 13.6. The van der Waals surface area contributed by atoms with Crippen molar-refractivity contribution in [2.75, 3.05) is 0 Å². The number of hydrogen-bond donors (Lipinski definition) is 1. The van der Waals surface area contributed by atoms with E-state index in [1.165, 1.54) is 0 Å². The molecule has 1 aromatic carbocycles. The molecule has 1 atom stereocenters. The molecule has 2 heteroatoms. The van der Waals surface area contributed by atoms with Gasteiger partial charge in [-0.2, -0.15) is 0 Å². The molecule has 0 aliphatic heterocycles. The minimum absolute atomic E-state index is 0.229. The minimum Gasteiger partial charge on any atom is -0.491 e. The van der Waals surface area contributed by atoms with Crippen molar-refractivity contribution in [3.8, 4) is 5.75 Å². The lowest BCUT2D eigenvalue weighted by molar-refractivity contribution is 0.0778. The maximum atomic E-state index is 9.95. The molecule has 1 rings (SSSR count). The van der Waals surface area contributed by atoms with Crippen LogP contribution in [-0.2, 0) is 5.60 Å². The van der Waals surface area contributed by atoms with Crippen LogP contribution in [0, 0.1) is 6.92 Å². The van der Waals surface area contributed by atoms with Crippen LogP contribution in [0.4, 0.5) is 0 Å². The summed E-state index contributed by atoms with van der Waals surface area (Å²) >= 11 is 0. The Hall–Kier alpha value is -1.02. The molecular weight excluding hydrogens is 200 g/mol. The van der Waals surface area contributed by atoms with Gasteiger partial charge in [0.1, 0.15) is 5.75 Å². The van der Waals surface area contributed by atoms with Gasteiger partial charge in [0.15, 0.2) is 0 Å². The van der Waals surface area contributed by atoms with E-state index in [0.717, 1.165) is 23.3 Å². The van der Waals surface area contributed by atoms with Crippen LogP contribution in [0.25, 0.3) is 0 Å². The summed E-state index contributed by atoms with van der Waals surface area (Å²) in [5.41, 5.74) is 1.22. The lowest BCUT2D eigenvalue weighted by Crippen LogP contribution is -2.17. The zero-order valence-corrected chi connectivity index (χ0v) is 10.9. The Morgan fingerprint density at radius 2 is 2.00 bits per heavy atom. The highest BCUT2D eigenvalue weighted by atomic mass is 16.5. The highest BCUT2D eigenvalue weighted by molar-refractivity contribution is 5.37. The molecule has 1 unspecified atom stereocenters. The first kappa shape index (κ1) is 13.0. The third-order valence-electron chi connectivity index (χ3n) is 2.77. The van der Waals surface area contributed by atoms with E-state index in [1.807, 2.05) is 25.1 Å². The maximum absolute atomic E-state index is 9.95. The fourth-order valence-corrected chi connectivity index (χ4v) is 1.71. The van der Waals surface area contributed by atoms with Crippen molar-refractivity contribution in [2.45, 2.75) is 52.7 Å². The van der Waals surface area contributed by atoms with Gasteiger partial charge in [-0.3, -0.25) is 0 Å². The molecule has 0 amide bonds. The fraction of sp³-hybridized carbons (Fsp3) is 0.571. The van der Waals surface area contributed by atoms with Crippen LogP contribution < -0.4 is 4.74 Å². The molecule has 0 spiro atoms. The van der Waals surface area contributed by atoms with Crippen molar-refractivity contribution >= 4 is 0 Å². The van der Waals surface area contributed by atoms with Crippen LogP contribution in [0.5, 0.6) is 5.75 Å². The summed E-state index contributed by atoms with van der Waals surface area (Å²) in [4.78, 5) is 0. The zero-order valence-electron chi connectivity index (χ0n) is 10.9. The van der Waals surface area contributed by atoms with Crippen LogP contribution in [0.15, 0.2) is 18.2 Å². The molecule has 90 valence electrons. The second kappa shape index (κ2) is 4.88. The van der Waals surface area contributed by atoms with E-state index < -0.39 is 5.60 Å². The maximum Gasteiger partial charge on any atom is 0.119 e. The van der Waals surface area contributed by atoms with Crippen molar-refractivity contribution in [3.05, 3.63) is 29.3 Å². The molecular formula is C14H22O2.